The monoisotopic (exact) mass is 172 g/mol. The maximum absolute atomic E-state index is 8.61. The first-order valence-electron chi connectivity index (χ1n) is 3.03. The van der Waals surface area contributed by atoms with E-state index in [0.29, 0.717) is 16.8 Å². The van der Waals surface area contributed by atoms with Crippen LogP contribution in [0.15, 0.2) is 12.7 Å². The summed E-state index contributed by atoms with van der Waals surface area (Å²) in [7, 11) is 0. The average molecular weight is 172 g/mol. The fraction of sp³-hybridized carbons (Fsp3) is 0.333. The first-order valence-corrected chi connectivity index (χ1v) is 3.85. The number of hydrogen-bond donors (Lipinski definition) is 1. The Balaban J connectivity index is 2.50. The van der Waals surface area contributed by atoms with Crippen LogP contribution in [0, 0.1) is 0 Å². The molecule has 0 unspecified atom stereocenters. The van der Waals surface area contributed by atoms with Gasteiger partial charge in [0.15, 0.2) is 0 Å². The number of rotatable bonds is 4. The predicted molar refractivity (Wildman–Crippen MR) is 41.5 cm³/mol. The van der Waals surface area contributed by atoms with Gasteiger partial charge in [-0.05, 0) is 0 Å². The molecule has 0 aromatic carbocycles. The van der Waals surface area contributed by atoms with Gasteiger partial charge in [0, 0.05) is 0 Å². The molecule has 1 heterocycles. The van der Waals surface area contributed by atoms with Crippen molar-refractivity contribution >= 4 is 11.3 Å². The second-order valence-electron chi connectivity index (χ2n) is 1.72. The number of aromatic nitrogens is 2. The maximum atomic E-state index is 8.61. The van der Waals surface area contributed by atoms with Gasteiger partial charge in [0.2, 0.25) is 0 Å². The molecule has 0 fully saturated rings. The third-order valence-electron chi connectivity index (χ3n) is 0.908. The van der Waals surface area contributed by atoms with Gasteiger partial charge in [-0.2, -0.15) is 0 Å². The van der Waals surface area contributed by atoms with Crippen LogP contribution in [-0.4, -0.2) is 21.9 Å². The molecule has 0 aliphatic rings. The van der Waals surface area contributed by atoms with Crippen LogP contribution in [0.25, 0.3) is 0 Å². The Kier molecular flexibility index (Phi) is 3.00. The van der Waals surface area contributed by atoms with E-state index in [1.54, 1.807) is 6.08 Å². The summed E-state index contributed by atoms with van der Waals surface area (Å²) < 4.78 is 5.05. The van der Waals surface area contributed by atoms with E-state index in [1.165, 1.54) is 11.3 Å². The minimum absolute atomic E-state index is 0.0882. The lowest BCUT2D eigenvalue weighted by atomic mass is 10.7. The van der Waals surface area contributed by atoms with Gasteiger partial charge in [-0.25, -0.2) is 0 Å². The molecule has 11 heavy (non-hydrogen) atoms. The van der Waals surface area contributed by atoms with Crippen molar-refractivity contribution < 1.29 is 9.84 Å². The Labute approximate surface area is 68.2 Å². The molecule has 0 aliphatic carbocycles. The van der Waals surface area contributed by atoms with Crippen LogP contribution >= 0.6 is 11.3 Å². The molecule has 0 bridgehead atoms. The average Bonchev–Trinajstić information content (AvgIpc) is 2.48. The van der Waals surface area contributed by atoms with Gasteiger partial charge in [-0.15, -0.1) is 5.10 Å². The molecule has 0 spiro atoms. The molecule has 0 aliphatic heterocycles. The summed E-state index contributed by atoms with van der Waals surface area (Å²) >= 11 is 1.23. The highest BCUT2D eigenvalue weighted by atomic mass is 32.1. The molecule has 0 saturated heterocycles. The van der Waals surface area contributed by atoms with E-state index in [9.17, 15) is 0 Å². The van der Waals surface area contributed by atoms with Crippen molar-refractivity contribution in [3.63, 3.8) is 0 Å². The van der Waals surface area contributed by atoms with Gasteiger partial charge in [0.05, 0.1) is 6.61 Å². The van der Waals surface area contributed by atoms with E-state index in [2.05, 4.69) is 16.8 Å². The summed E-state index contributed by atoms with van der Waals surface area (Å²) in [6, 6.07) is 0. The third kappa shape index (κ3) is 2.28. The van der Waals surface area contributed by atoms with Gasteiger partial charge in [0.1, 0.15) is 11.6 Å². The van der Waals surface area contributed by atoms with Crippen LogP contribution < -0.4 is 4.74 Å². The highest BCUT2D eigenvalue weighted by molar-refractivity contribution is 7.13. The Bertz CT molecular complexity index is 236. The third-order valence-corrected chi connectivity index (χ3v) is 1.73. The summed E-state index contributed by atoms with van der Waals surface area (Å²) in [5.74, 6) is 0. The maximum Gasteiger partial charge on any atom is 0.294 e. The van der Waals surface area contributed by atoms with Gasteiger partial charge >= 0.3 is 0 Å². The molecule has 1 rings (SSSR count). The highest BCUT2D eigenvalue weighted by Gasteiger charge is 2.01. The van der Waals surface area contributed by atoms with E-state index in [4.69, 9.17) is 9.84 Å². The lowest BCUT2D eigenvalue weighted by Crippen LogP contribution is -1.91. The van der Waals surface area contributed by atoms with Crippen LogP contribution in [0.3, 0.4) is 0 Å². The van der Waals surface area contributed by atoms with Crippen molar-refractivity contribution in [2.75, 3.05) is 6.61 Å². The van der Waals surface area contributed by atoms with Gasteiger partial charge in [-0.3, -0.25) is 0 Å². The number of ether oxygens (including phenoxy) is 1. The van der Waals surface area contributed by atoms with Gasteiger partial charge in [0.25, 0.3) is 5.19 Å². The summed E-state index contributed by atoms with van der Waals surface area (Å²) in [5.41, 5.74) is 0. The highest BCUT2D eigenvalue weighted by Crippen LogP contribution is 2.16. The minimum atomic E-state index is -0.0882. The van der Waals surface area contributed by atoms with Crippen molar-refractivity contribution in [3.8, 4) is 5.19 Å². The number of nitrogens with zero attached hydrogens (tertiary/aromatic N) is 2. The zero-order valence-electron chi connectivity index (χ0n) is 5.86. The Morgan fingerprint density at radius 2 is 2.45 bits per heavy atom. The van der Waals surface area contributed by atoms with E-state index < -0.39 is 0 Å². The molecule has 4 nitrogen and oxygen atoms in total. The molecular weight excluding hydrogens is 164 g/mol. The summed E-state index contributed by atoms with van der Waals surface area (Å²) in [6.07, 6.45) is 1.63. The first-order chi connectivity index (χ1) is 5.36. The molecule has 0 saturated carbocycles. The topological polar surface area (TPSA) is 55.2 Å². The molecule has 0 amide bonds. The SMILES string of the molecule is C=CCOc1nnc(CO)s1. The number of hydrogen-bond acceptors (Lipinski definition) is 5. The van der Waals surface area contributed by atoms with Crippen molar-refractivity contribution in [2.24, 2.45) is 0 Å². The number of aliphatic hydroxyl groups is 1. The van der Waals surface area contributed by atoms with Crippen LogP contribution in [-0.2, 0) is 6.61 Å². The Morgan fingerprint density at radius 1 is 1.64 bits per heavy atom. The predicted octanol–water partition coefficient (Wildman–Crippen LogP) is 0.595. The van der Waals surface area contributed by atoms with Crippen molar-refractivity contribution in [1.29, 1.82) is 0 Å². The number of aliphatic hydroxyl groups excluding tert-OH is 1. The normalized spacial score (nSPS) is 9.55. The first kappa shape index (κ1) is 8.16. The minimum Gasteiger partial charge on any atom is -0.465 e. The van der Waals surface area contributed by atoms with Crippen molar-refractivity contribution in [3.05, 3.63) is 17.7 Å². The fourth-order valence-electron chi connectivity index (χ4n) is 0.491. The summed E-state index contributed by atoms with van der Waals surface area (Å²) in [5, 5.41) is 16.9. The van der Waals surface area contributed by atoms with Crippen LogP contribution in [0.1, 0.15) is 5.01 Å². The quantitative estimate of drug-likeness (QED) is 0.675. The van der Waals surface area contributed by atoms with E-state index in [-0.39, 0.29) is 6.61 Å². The van der Waals surface area contributed by atoms with Crippen LogP contribution in [0.4, 0.5) is 0 Å². The molecule has 5 heteroatoms. The van der Waals surface area contributed by atoms with Gasteiger partial charge in [-0.1, -0.05) is 29.1 Å². The fourth-order valence-corrected chi connectivity index (χ4v) is 1.05. The van der Waals surface area contributed by atoms with E-state index in [1.807, 2.05) is 0 Å². The van der Waals surface area contributed by atoms with Crippen molar-refractivity contribution in [2.45, 2.75) is 6.61 Å². The second kappa shape index (κ2) is 4.05. The Morgan fingerprint density at radius 3 is 3.00 bits per heavy atom. The van der Waals surface area contributed by atoms with E-state index in [0.717, 1.165) is 0 Å². The summed E-state index contributed by atoms with van der Waals surface area (Å²) in [6.45, 7) is 3.81. The van der Waals surface area contributed by atoms with Crippen molar-refractivity contribution in [1.82, 2.24) is 10.2 Å². The van der Waals surface area contributed by atoms with Crippen LogP contribution in [0.2, 0.25) is 0 Å². The molecule has 1 N–H and O–H groups in total. The Hall–Kier alpha value is -0.940. The molecule has 60 valence electrons. The smallest absolute Gasteiger partial charge is 0.294 e. The largest absolute Gasteiger partial charge is 0.465 e. The molecular formula is C6H8N2O2S. The molecule has 0 radical (unpaired) electrons. The summed E-state index contributed by atoms with van der Waals surface area (Å²) in [4.78, 5) is 0. The lowest BCUT2D eigenvalue weighted by Gasteiger charge is -1.92. The molecule has 0 atom stereocenters. The zero-order chi connectivity index (χ0) is 8.10. The standard InChI is InChI=1S/C6H8N2O2S/c1-2-3-10-6-8-7-5(4-9)11-6/h2,9H,1,3-4H2. The van der Waals surface area contributed by atoms with E-state index >= 15 is 0 Å². The zero-order valence-corrected chi connectivity index (χ0v) is 6.67. The second-order valence-corrected chi connectivity index (χ2v) is 2.74. The van der Waals surface area contributed by atoms with Gasteiger partial charge < -0.3 is 9.84 Å². The van der Waals surface area contributed by atoms with Crippen LogP contribution in [0.5, 0.6) is 5.19 Å². The lowest BCUT2D eigenvalue weighted by molar-refractivity contribution is 0.280. The molecule has 1 aromatic heterocycles. The molecule has 1 aromatic rings.